The quantitative estimate of drug-likeness (QED) is 0.177. The topological polar surface area (TPSA) is 38.9 Å². The summed E-state index contributed by atoms with van der Waals surface area (Å²) < 4.78 is 7.20. The van der Waals surface area contributed by atoms with Crippen molar-refractivity contribution >= 4 is 21.9 Å². The normalized spacial score (nSPS) is 14.0. The number of furan rings is 1. The Morgan fingerprint density at radius 2 is 0.754 bits per heavy atom. The Morgan fingerprint density at radius 1 is 0.290 bits per heavy atom. The predicted molar refractivity (Wildman–Crippen MR) is 279 cm³/mol. The second-order valence-electron chi connectivity index (χ2n) is 18.6. The molecule has 0 atom stereocenters. The van der Waals surface area contributed by atoms with Gasteiger partial charge in [-0.1, -0.05) is 224 Å². The summed E-state index contributed by atoms with van der Waals surface area (Å²) in [5.74, 6) is 0.702. The summed E-state index contributed by atoms with van der Waals surface area (Å²) in [5.41, 5.74) is 22.9. The molecule has 2 heterocycles. The lowest BCUT2D eigenvalue weighted by molar-refractivity contribution is 0.615. The lowest BCUT2D eigenvalue weighted by Crippen LogP contribution is -2.44. The van der Waals surface area contributed by atoms with E-state index in [9.17, 15) is 0 Å². The van der Waals surface area contributed by atoms with Crippen LogP contribution in [0.4, 0.5) is 0 Å². The maximum atomic E-state index is 7.20. The Balaban J connectivity index is 1.01. The van der Waals surface area contributed by atoms with Crippen molar-refractivity contribution < 1.29 is 4.42 Å². The van der Waals surface area contributed by atoms with Gasteiger partial charge in [0.2, 0.25) is 0 Å². The zero-order chi connectivity index (χ0) is 45.3. The number of rotatable bonds is 4. The minimum absolute atomic E-state index is 0.554. The zero-order valence-electron chi connectivity index (χ0n) is 37.4. The molecule has 0 amide bonds. The van der Waals surface area contributed by atoms with Crippen molar-refractivity contribution in [2.75, 3.05) is 0 Å². The van der Waals surface area contributed by atoms with E-state index >= 15 is 0 Å². The van der Waals surface area contributed by atoms with Gasteiger partial charge in [0.05, 0.1) is 22.2 Å². The molecule has 69 heavy (non-hydrogen) atoms. The molecule has 0 saturated heterocycles. The van der Waals surface area contributed by atoms with Gasteiger partial charge >= 0.3 is 0 Å². The van der Waals surface area contributed by atoms with Crippen LogP contribution in [0.3, 0.4) is 0 Å². The summed E-state index contributed by atoms with van der Waals surface area (Å²) in [4.78, 5) is 10.3. The van der Waals surface area contributed by atoms with E-state index < -0.39 is 10.8 Å². The maximum Gasteiger partial charge on any atom is 0.160 e. The van der Waals surface area contributed by atoms with Gasteiger partial charge in [-0.05, 0) is 90.5 Å². The zero-order valence-corrected chi connectivity index (χ0v) is 37.4. The van der Waals surface area contributed by atoms with Crippen molar-refractivity contribution in [1.29, 1.82) is 0 Å². The fraction of sp³-hybridized carbons (Fsp3) is 0.0303. The van der Waals surface area contributed by atoms with E-state index in [1.54, 1.807) is 0 Å². The highest BCUT2D eigenvalue weighted by Gasteiger charge is 2.60. The first-order chi connectivity index (χ1) is 34.2. The van der Waals surface area contributed by atoms with Gasteiger partial charge in [0, 0.05) is 33.0 Å². The molecular weight excluding hydrogens is 837 g/mol. The highest BCUT2D eigenvalue weighted by atomic mass is 16.3. The molecule has 0 bridgehead atoms. The Morgan fingerprint density at radius 3 is 1.39 bits per heavy atom. The summed E-state index contributed by atoms with van der Waals surface area (Å²) in [5, 5.41) is 2.25. The molecular formula is C66H40N2O. The molecule has 2 aromatic heterocycles. The molecule has 10 aromatic carbocycles. The average molecular weight is 877 g/mol. The molecule has 3 nitrogen and oxygen atoms in total. The Labute approximate surface area is 399 Å². The smallest absolute Gasteiger partial charge is 0.160 e. The lowest BCUT2D eigenvalue weighted by atomic mass is 9.52. The molecule has 15 rings (SSSR count). The van der Waals surface area contributed by atoms with E-state index in [1.165, 1.54) is 72.3 Å². The first-order valence-corrected chi connectivity index (χ1v) is 23.8. The van der Waals surface area contributed by atoms with E-state index in [4.69, 9.17) is 14.4 Å². The van der Waals surface area contributed by atoms with Crippen molar-refractivity contribution in [2.24, 2.45) is 0 Å². The van der Waals surface area contributed by atoms with Crippen molar-refractivity contribution in [3.63, 3.8) is 0 Å². The fourth-order valence-corrected chi connectivity index (χ4v) is 12.7. The number of nitrogens with zero attached hydrogens (tertiary/aromatic N) is 2. The van der Waals surface area contributed by atoms with Gasteiger partial charge in [-0.25, -0.2) is 9.97 Å². The Kier molecular flexibility index (Phi) is 7.92. The van der Waals surface area contributed by atoms with Gasteiger partial charge in [-0.2, -0.15) is 0 Å². The van der Waals surface area contributed by atoms with Crippen LogP contribution >= 0.6 is 0 Å². The summed E-state index contributed by atoms with van der Waals surface area (Å²) in [7, 11) is 0. The number of para-hydroxylation sites is 1. The van der Waals surface area contributed by atoms with Gasteiger partial charge in [-0.15, -0.1) is 0 Å². The molecule has 0 fully saturated rings. The van der Waals surface area contributed by atoms with E-state index in [-0.39, 0.29) is 0 Å². The summed E-state index contributed by atoms with van der Waals surface area (Å²) in [6.07, 6.45) is 0. The van der Waals surface area contributed by atoms with E-state index in [2.05, 4.69) is 218 Å². The number of fused-ring (bicyclic) bond motifs is 20. The summed E-state index contributed by atoms with van der Waals surface area (Å²) in [6, 6.07) is 88.7. The average Bonchev–Trinajstić information content (AvgIpc) is 4.06. The molecule has 0 saturated carbocycles. The third-order valence-corrected chi connectivity index (χ3v) is 15.4. The van der Waals surface area contributed by atoms with Crippen LogP contribution in [0.5, 0.6) is 0 Å². The van der Waals surface area contributed by atoms with Gasteiger partial charge in [0.25, 0.3) is 0 Å². The largest absolute Gasteiger partial charge is 0.456 e. The van der Waals surface area contributed by atoms with Crippen molar-refractivity contribution in [3.8, 4) is 67.3 Å². The fourth-order valence-electron chi connectivity index (χ4n) is 12.7. The van der Waals surface area contributed by atoms with Gasteiger partial charge in [0.15, 0.2) is 5.82 Å². The van der Waals surface area contributed by atoms with Crippen molar-refractivity contribution in [3.05, 3.63) is 287 Å². The number of hydrogen-bond acceptors (Lipinski definition) is 3. The molecule has 12 aromatic rings. The second kappa shape index (κ2) is 14.3. The van der Waals surface area contributed by atoms with Gasteiger partial charge in [0.1, 0.15) is 11.2 Å². The first kappa shape index (κ1) is 38.2. The summed E-state index contributed by atoms with van der Waals surface area (Å²) >= 11 is 0. The highest BCUT2D eigenvalue weighted by Crippen LogP contribution is 2.69. The number of hydrogen-bond donors (Lipinski definition) is 0. The monoisotopic (exact) mass is 876 g/mol. The molecule has 3 aliphatic rings. The van der Waals surface area contributed by atoms with Crippen molar-refractivity contribution in [2.45, 2.75) is 10.8 Å². The Bertz CT molecular complexity index is 3920. The minimum atomic E-state index is -0.764. The molecule has 320 valence electrons. The van der Waals surface area contributed by atoms with Crippen LogP contribution in [0.15, 0.2) is 247 Å². The van der Waals surface area contributed by atoms with Crippen LogP contribution in [-0.4, -0.2) is 9.97 Å². The van der Waals surface area contributed by atoms with Crippen molar-refractivity contribution in [1.82, 2.24) is 9.97 Å². The van der Waals surface area contributed by atoms with Gasteiger partial charge < -0.3 is 4.42 Å². The SMILES string of the molecule is c1ccc(-c2cc(-c3ccc(-c4cccc5c4C4(c6ccccc6C6(c7ccccc7-c7ccccc76)c6ccccc64)c4c-5ccc5c4oc4ccccc45)cc3)nc(-c3ccccc3)n2)cc1. The summed E-state index contributed by atoms with van der Waals surface area (Å²) in [6.45, 7) is 0. The molecule has 3 heteroatoms. The molecule has 0 unspecified atom stereocenters. The molecule has 0 N–H and O–H groups in total. The third kappa shape index (κ3) is 5.06. The molecule has 2 spiro atoms. The van der Waals surface area contributed by atoms with Crippen LogP contribution < -0.4 is 0 Å². The number of benzene rings is 10. The molecule has 0 aliphatic heterocycles. The van der Waals surface area contributed by atoms with Crippen LogP contribution in [0.1, 0.15) is 44.5 Å². The lowest BCUT2D eigenvalue weighted by Gasteiger charge is -2.49. The van der Waals surface area contributed by atoms with Crippen LogP contribution in [0.2, 0.25) is 0 Å². The predicted octanol–water partition coefficient (Wildman–Crippen LogP) is 16.1. The van der Waals surface area contributed by atoms with Crippen LogP contribution in [0.25, 0.3) is 89.2 Å². The maximum absolute atomic E-state index is 7.20. The molecule has 3 aliphatic carbocycles. The Hall–Kier alpha value is -8.92. The molecule has 0 radical (unpaired) electrons. The van der Waals surface area contributed by atoms with E-state index in [0.29, 0.717) is 5.82 Å². The third-order valence-electron chi connectivity index (χ3n) is 15.4. The van der Waals surface area contributed by atoms with Crippen LogP contribution in [0, 0.1) is 0 Å². The standard InChI is InChI=1S/C66H40N2O/c1-3-18-42(19-4-1)58-40-59(68-64(67-58)44-20-5-2-6-21-44)43-36-34-41(35-37-43)45-25-17-26-49-50-38-39-51-48-24-9-16-33-60(48)69-63(51)62(50)66(61(45)49)56-31-14-12-29-54(56)65(55-30-13-15-32-57(55)66)52-27-10-7-22-46(52)47-23-8-11-28-53(47)65/h1-40H. The van der Waals surface area contributed by atoms with Gasteiger partial charge in [-0.3, -0.25) is 0 Å². The van der Waals surface area contributed by atoms with E-state index in [1.807, 2.05) is 24.3 Å². The number of aromatic nitrogens is 2. The second-order valence-corrected chi connectivity index (χ2v) is 18.6. The first-order valence-electron chi connectivity index (χ1n) is 23.8. The highest BCUT2D eigenvalue weighted by molar-refractivity contribution is 6.11. The van der Waals surface area contributed by atoms with Crippen LogP contribution in [-0.2, 0) is 10.8 Å². The minimum Gasteiger partial charge on any atom is -0.456 e. The van der Waals surface area contributed by atoms with E-state index in [0.717, 1.165) is 55.6 Å².